The van der Waals surface area contributed by atoms with Crippen molar-refractivity contribution in [3.05, 3.63) is 22.4 Å². The van der Waals surface area contributed by atoms with Gasteiger partial charge in [0.1, 0.15) is 0 Å². The molecule has 4 nitrogen and oxygen atoms in total. The van der Waals surface area contributed by atoms with Crippen molar-refractivity contribution in [3.8, 4) is 0 Å². The van der Waals surface area contributed by atoms with E-state index in [0.717, 1.165) is 12.8 Å². The minimum atomic E-state index is -0.913. The summed E-state index contributed by atoms with van der Waals surface area (Å²) in [6.45, 7) is 0.509. The maximum atomic E-state index is 11.2. The summed E-state index contributed by atoms with van der Waals surface area (Å²) in [4.78, 5) is 23.2. The molecule has 92 valence electrons. The van der Waals surface area contributed by atoms with E-state index in [2.05, 4.69) is 11.4 Å². The molecule has 3 N–H and O–H groups in total. The summed E-state index contributed by atoms with van der Waals surface area (Å²) < 4.78 is 0. The molecule has 2 amide bonds. The van der Waals surface area contributed by atoms with Crippen LogP contribution in [0.25, 0.3) is 0 Å². The van der Waals surface area contributed by atoms with Gasteiger partial charge in [-0.05, 0) is 24.3 Å². The molecule has 1 heterocycles. The van der Waals surface area contributed by atoms with Crippen molar-refractivity contribution in [2.45, 2.75) is 31.1 Å². The van der Waals surface area contributed by atoms with Gasteiger partial charge < -0.3 is 11.1 Å². The van der Waals surface area contributed by atoms with E-state index >= 15 is 0 Å². The molecule has 1 aliphatic carbocycles. The van der Waals surface area contributed by atoms with Crippen LogP contribution in [0, 0.1) is 0 Å². The molecule has 0 bridgehead atoms. The third-order valence-corrected chi connectivity index (χ3v) is 4.53. The minimum Gasteiger partial charge on any atom is -0.361 e. The first-order valence-electron chi connectivity index (χ1n) is 5.76. The largest absolute Gasteiger partial charge is 0.361 e. The lowest BCUT2D eigenvalue weighted by Crippen LogP contribution is -2.43. The highest BCUT2D eigenvalue weighted by Crippen LogP contribution is 2.42. The molecule has 0 unspecified atom stereocenters. The topological polar surface area (TPSA) is 72.2 Å². The normalized spacial score (nSPS) is 17.9. The summed E-state index contributed by atoms with van der Waals surface area (Å²) in [5, 5.41) is 4.69. The molecule has 5 heteroatoms. The predicted octanol–water partition coefficient (Wildman–Crippen LogP) is 1.16. The van der Waals surface area contributed by atoms with E-state index in [4.69, 9.17) is 5.73 Å². The van der Waals surface area contributed by atoms with E-state index in [1.807, 2.05) is 11.4 Å². The van der Waals surface area contributed by atoms with Crippen LogP contribution in [0.15, 0.2) is 17.5 Å². The molecule has 0 saturated heterocycles. The molecule has 1 fully saturated rings. The van der Waals surface area contributed by atoms with Gasteiger partial charge in [0.15, 0.2) is 0 Å². The van der Waals surface area contributed by atoms with Crippen LogP contribution < -0.4 is 11.1 Å². The average molecular weight is 252 g/mol. The summed E-state index contributed by atoms with van der Waals surface area (Å²) in [7, 11) is 0. The number of carbonyl (C=O) groups is 2. The van der Waals surface area contributed by atoms with Gasteiger partial charge in [-0.15, -0.1) is 11.3 Å². The van der Waals surface area contributed by atoms with E-state index in [0.29, 0.717) is 6.54 Å². The highest BCUT2D eigenvalue weighted by Gasteiger charge is 2.36. The Labute approximate surface area is 104 Å². The van der Waals surface area contributed by atoms with Gasteiger partial charge >= 0.3 is 11.8 Å². The Morgan fingerprint density at radius 3 is 2.65 bits per heavy atom. The number of carbonyl (C=O) groups excluding carboxylic acids is 2. The zero-order valence-corrected chi connectivity index (χ0v) is 10.4. The lowest BCUT2D eigenvalue weighted by atomic mass is 9.84. The second-order valence-electron chi connectivity index (χ2n) is 4.51. The Morgan fingerprint density at radius 2 is 2.12 bits per heavy atom. The molecule has 0 radical (unpaired) electrons. The monoisotopic (exact) mass is 252 g/mol. The van der Waals surface area contributed by atoms with Crippen LogP contribution in [0.1, 0.15) is 30.6 Å². The SMILES string of the molecule is NC(=O)C(=O)NCC1(c2cccs2)CCCC1. The van der Waals surface area contributed by atoms with Gasteiger partial charge in [0.05, 0.1) is 0 Å². The average Bonchev–Trinajstić information content (AvgIpc) is 2.96. The fraction of sp³-hybridized carbons (Fsp3) is 0.500. The van der Waals surface area contributed by atoms with Crippen LogP contribution in [-0.2, 0) is 15.0 Å². The summed E-state index contributed by atoms with van der Waals surface area (Å²) >= 11 is 1.71. The fourth-order valence-electron chi connectivity index (χ4n) is 2.48. The van der Waals surface area contributed by atoms with Gasteiger partial charge in [-0.2, -0.15) is 0 Å². The van der Waals surface area contributed by atoms with Crippen molar-refractivity contribution < 1.29 is 9.59 Å². The lowest BCUT2D eigenvalue weighted by molar-refractivity contribution is -0.137. The first-order chi connectivity index (χ1) is 8.14. The van der Waals surface area contributed by atoms with E-state index in [9.17, 15) is 9.59 Å². The molecule has 17 heavy (non-hydrogen) atoms. The van der Waals surface area contributed by atoms with Gasteiger partial charge in [0, 0.05) is 16.8 Å². The van der Waals surface area contributed by atoms with Crippen molar-refractivity contribution in [3.63, 3.8) is 0 Å². The Hall–Kier alpha value is -1.36. The Balaban J connectivity index is 2.08. The third-order valence-electron chi connectivity index (χ3n) is 3.42. The maximum absolute atomic E-state index is 11.2. The molecule has 0 aromatic carbocycles. The highest BCUT2D eigenvalue weighted by molar-refractivity contribution is 7.10. The van der Waals surface area contributed by atoms with Gasteiger partial charge in [0.25, 0.3) is 0 Å². The number of primary amides is 1. The Bertz CT molecular complexity index is 408. The van der Waals surface area contributed by atoms with Crippen LogP contribution in [0.3, 0.4) is 0 Å². The molecular formula is C12H16N2O2S. The van der Waals surface area contributed by atoms with Gasteiger partial charge in [-0.25, -0.2) is 0 Å². The predicted molar refractivity (Wildman–Crippen MR) is 66.7 cm³/mol. The van der Waals surface area contributed by atoms with Crippen LogP contribution in [0.2, 0.25) is 0 Å². The fourth-order valence-corrected chi connectivity index (χ4v) is 3.47. The lowest BCUT2D eigenvalue weighted by Gasteiger charge is -2.27. The second kappa shape index (κ2) is 4.87. The molecule has 1 aromatic rings. The maximum Gasteiger partial charge on any atom is 0.309 e. The summed E-state index contributed by atoms with van der Waals surface area (Å²) in [5.41, 5.74) is 4.95. The van der Waals surface area contributed by atoms with Gasteiger partial charge in [0.2, 0.25) is 0 Å². The number of hydrogen-bond donors (Lipinski definition) is 2. The highest BCUT2D eigenvalue weighted by atomic mass is 32.1. The summed E-state index contributed by atoms with van der Waals surface area (Å²) in [6, 6.07) is 4.13. The summed E-state index contributed by atoms with van der Waals surface area (Å²) in [6.07, 6.45) is 4.47. The van der Waals surface area contributed by atoms with Crippen molar-refractivity contribution in [2.75, 3.05) is 6.54 Å². The molecule has 0 spiro atoms. The first kappa shape index (κ1) is 12.1. The summed E-state index contributed by atoms with van der Waals surface area (Å²) in [5.74, 6) is -1.60. The molecule has 1 aliphatic rings. The number of nitrogens with two attached hydrogens (primary N) is 1. The van der Waals surface area contributed by atoms with E-state index in [1.165, 1.54) is 17.7 Å². The zero-order valence-electron chi connectivity index (χ0n) is 9.57. The standard InChI is InChI=1S/C12H16N2O2S/c13-10(15)11(16)14-8-12(5-1-2-6-12)9-4-3-7-17-9/h3-4,7H,1-2,5-6,8H2,(H2,13,15)(H,14,16). The Kier molecular flexibility index (Phi) is 3.47. The van der Waals surface area contributed by atoms with Crippen LogP contribution in [0.5, 0.6) is 0 Å². The quantitative estimate of drug-likeness (QED) is 0.792. The van der Waals surface area contributed by atoms with Gasteiger partial charge in [-0.1, -0.05) is 18.9 Å². The smallest absolute Gasteiger partial charge is 0.309 e. The second-order valence-corrected chi connectivity index (χ2v) is 5.46. The van der Waals surface area contributed by atoms with Crippen LogP contribution >= 0.6 is 11.3 Å². The molecular weight excluding hydrogens is 236 g/mol. The van der Waals surface area contributed by atoms with Gasteiger partial charge in [-0.3, -0.25) is 9.59 Å². The molecule has 0 aliphatic heterocycles. The van der Waals surface area contributed by atoms with Crippen LogP contribution in [0.4, 0.5) is 0 Å². The van der Waals surface area contributed by atoms with Crippen molar-refractivity contribution in [1.29, 1.82) is 0 Å². The molecule has 2 rings (SSSR count). The molecule has 1 aromatic heterocycles. The number of nitrogens with one attached hydrogen (secondary N) is 1. The number of hydrogen-bond acceptors (Lipinski definition) is 3. The van der Waals surface area contributed by atoms with Crippen molar-refractivity contribution >= 4 is 23.2 Å². The Morgan fingerprint density at radius 1 is 1.41 bits per heavy atom. The first-order valence-corrected chi connectivity index (χ1v) is 6.64. The van der Waals surface area contributed by atoms with Crippen LogP contribution in [-0.4, -0.2) is 18.4 Å². The van der Waals surface area contributed by atoms with E-state index < -0.39 is 11.8 Å². The molecule has 1 saturated carbocycles. The molecule has 0 atom stereocenters. The van der Waals surface area contributed by atoms with E-state index in [1.54, 1.807) is 11.3 Å². The number of amides is 2. The zero-order chi connectivity index (χ0) is 12.3. The minimum absolute atomic E-state index is 0.0132. The number of rotatable bonds is 3. The number of thiophene rings is 1. The van der Waals surface area contributed by atoms with Crippen molar-refractivity contribution in [1.82, 2.24) is 5.32 Å². The third kappa shape index (κ3) is 2.49. The van der Waals surface area contributed by atoms with Crippen molar-refractivity contribution in [2.24, 2.45) is 5.73 Å². The van der Waals surface area contributed by atoms with E-state index in [-0.39, 0.29) is 5.41 Å².